The van der Waals surface area contributed by atoms with E-state index in [4.69, 9.17) is 9.68 Å². The molecule has 3 aliphatic rings. The van der Waals surface area contributed by atoms with E-state index in [0.29, 0.717) is 60.1 Å². The Kier molecular flexibility index (Phi) is 45.0. The number of likely N-dealkylation sites (N-methyl/N-ethyl adjacent to an activating group) is 1. The lowest BCUT2D eigenvalue weighted by Gasteiger charge is -2.26. The number of Topliss-reactive ketones (excluding diaryl/α,β-unsaturated/α-hetero) is 1. The topological polar surface area (TPSA) is 374 Å². The van der Waals surface area contributed by atoms with Crippen molar-refractivity contribution in [3.63, 3.8) is 0 Å². The zero-order chi connectivity index (χ0) is 69.7. The Morgan fingerprint density at radius 1 is 0.456 bits per heavy atom. The summed E-state index contributed by atoms with van der Waals surface area (Å²) in [6.45, 7) is 18.7. The third-order valence-corrected chi connectivity index (χ3v) is 14.0. The summed E-state index contributed by atoms with van der Waals surface area (Å²) in [5.41, 5.74) is 4.50. The molecule has 8 unspecified atom stereocenters. The van der Waals surface area contributed by atoms with E-state index in [2.05, 4.69) is 34.4 Å². The van der Waals surface area contributed by atoms with Crippen molar-refractivity contribution in [3.8, 4) is 0 Å². The lowest BCUT2D eigenvalue weighted by atomic mass is 9.84. The SMILES string of the molecule is C.C=CC(=O)N(C)C.C=CC(=O)ON1C(=O)CCC1=O.CCC(CC(C)C(=O)N(C)C)C(=O)ON1C(=O)CCC1=O.CCC(CC(CC(C)C(=O)ON1C(=O)CCC1=O)C(=O)N(C)C)C(=O)NC.CCC(CC(CC(C)C(C)=O)C(=O)N(C)C)C(=O)NC.CN. The second kappa shape index (κ2) is 45.9. The summed E-state index contributed by atoms with van der Waals surface area (Å²) in [6, 6.07) is 0. The van der Waals surface area contributed by atoms with Crippen molar-refractivity contribution in [1.29, 1.82) is 0 Å². The fourth-order valence-electron chi connectivity index (χ4n) is 8.48. The molecular formula is C61H104N10O19. The Balaban J connectivity index is -0.000000534. The van der Waals surface area contributed by atoms with Crippen LogP contribution in [0.3, 0.4) is 0 Å². The van der Waals surface area contributed by atoms with Gasteiger partial charge in [0.1, 0.15) is 5.78 Å². The Bertz CT molecular complexity index is 2430. The second-order valence-corrected chi connectivity index (χ2v) is 21.7. The highest BCUT2D eigenvalue weighted by molar-refractivity contribution is 6.03. The van der Waals surface area contributed by atoms with Crippen LogP contribution in [0.15, 0.2) is 25.3 Å². The van der Waals surface area contributed by atoms with Gasteiger partial charge in [0.15, 0.2) is 0 Å². The van der Waals surface area contributed by atoms with Gasteiger partial charge in [-0.2, -0.15) is 0 Å². The summed E-state index contributed by atoms with van der Waals surface area (Å²) in [6.07, 6.45) is 6.03. The first-order valence-corrected chi connectivity index (χ1v) is 29.3. The smallest absolute Gasteiger partial charge is 0.356 e. The molecule has 3 fully saturated rings. The maximum Gasteiger partial charge on any atom is 0.356 e. The molecule has 29 heteroatoms. The van der Waals surface area contributed by atoms with E-state index in [9.17, 15) is 76.7 Å². The van der Waals surface area contributed by atoms with Gasteiger partial charge in [0, 0.05) is 151 Å². The number of hydrogen-bond donors (Lipinski definition) is 3. The number of hydroxylamine groups is 6. The molecule has 0 spiro atoms. The Morgan fingerprint density at radius 3 is 1.01 bits per heavy atom. The molecule has 0 aromatic heterocycles. The average molecular weight is 1280 g/mol. The van der Waals surface area contributed by atoms with Gasteiger partial charge in [-0.05, 0) is 71.4 Å². The van der Waals surface area contributed by atoms with Crippen LogP contribution in [-0.4, -0.2) is 207 Å². The zero-order valence-electron chi connectivity index (χ0n) is 55.6. The minimum Gasteiger partial charge on any atom is -0.359 e. The molecule has 12 amide bonds. The van der Waals surface area contributed by atoms with E-state index in [1.165, 1.54) is 46.7 Å². The summed E-state index contributed by atoms with van der Waals surface area (Å²) in [4.78, 5) is 205. The monoisotopic (exact) mass is 1280 g/mol. The molecule has 29 nitrogen and oxygen atoms in total. The van der Waals surface area contributed by atoms with Crippen LogP contribution in [0.4, 0.5) is 0 Å². The molecule has 3 aliphatic heterocycles. The lowest BCUT2D eigenvalue weighted by molar-refractivity contribution is -0.201. The number of nitrogens with zero attached hydrogens (tertiary/aromatic N) is 7. The van der Waals surface area contributed by atoms with Gasteiger partial charge in [0.2, 0.25) is 35.4 Å². The number of hydrogen-bond acceptors (Lipinski definition) is 20. The minimum absolute atomic E-state index is 0. The molecule has 90 heavy (non-hydrogen) atoms. The predicted octanol–water partition coefficient (Wildman–Crippen LogP) is 2.94. The van der Waals surface area contributed by atoms with Gasteiger partial charge in [0.05, 0.1) is 11.8 Å². The van der Waals surface area contributed by atoms with E-state index in [1.54, 1.807) is 84.2 Å². The normalized spacial score (nSPS) is 15.5. The first-order chi connectivity index (χ1) is 41.5. The molecule has 0 saturated carbocycles. The van der Waals surface area contributed by atoms with E-state index in [1.807, 2.05) is 20.8 Å². The van der Waals surface area contributed by atoms with Crippen molar-refractivity contribution >= 4 is 94.6 Å². The molecule has 0 bridgehead atoms. The molecular weight excluding hydrogens is 1180 g/mol. The van der Waals surface area contributed by atoms with Gasteiger partial charge in [-0.15, -0.1) is 15.2 Å². The lowest BCUT2D eigenvalue weighted by Crippen LogP contribution is -2.38. The third kappa shape index (κ3) is 31.8. The average Bonchev–Trinajstić information content (AvgIpc) is 1.79. The maximum absolute atomic E-state index is 12.5. The van der Waals surface area contributed by atoms with E-state index in [0.717, 1.165) is 6.08 Å². The van der Waals surface area contributed by atoms with Crippen molar-refractivity contribution in [2.45, 2.75) is 146 Å². The van der Waals surface area contributed by atoms with Crippen LogP contribution in [0, 0.1) is 47.3 Å². The van der Waals surface area contributed by atoms with E-state index >= 15 is 0 Å². The maximum atomic E-state index is 12.5. The van der Waals surface area contributed by atoms with Gasteiger partial charge >= 0.3 is 17.9 Å². The highest BCUT2D eigenvalue weighted by atomic mass is 16.7. The van der Waals surface area contributed by atoms with Crippen molar-refractivity contribution in [2.75, 3.05) is 77.5 Å². The first-order valence-electron chi connectivity index (χ1n) is 29.3. The van der Waals surface area contributed by atoms with Crippen molar-refractivity contribution < 1.29 is 91.2 Å². The molecule has 4 N–H and O–H groups in total. The number of carbonyl (C=O) groups excluding carboxylic acids is 16. The third-order valence-electron chi connectivity index (χ3n) is 14.0. The van der Waals surface area contributed by atoms with Crippen molar-refractivity contribution in [3.05, 3.63) is 25.3 Å². The number of carbonyl (C=O) groups is 16. The fraction of sp³-hybridized carbons (Fsp3) is 0.672. The summed E-state index contributed by atoms with van der Waals surface area (Å²) in [5.74, 6) is -8.84. The van der Waals surface area contributed by atoms with Gasteiger partial charge < -0.3 is 50.5 Å². The van der Waals surface area contributed by atoms with Gasteiger partial charge in [0.25, 0.3) is 35.4 Å². The summed E-state index contributed by atoms with van der Waals surface area (Å²) in [7, 11) is 17.9. The zero-order valence-corrected chi connectivity index (χ0v) is 55.6. The number of imide groups is 3. The van der Waals surface area contributed by atoms with Crippen LogP contribution in [0.1, 0.15) is 146 Å². The summed E-state index contributed by atoms with van der Waals surface area (Å²) >= 11 is 0. The highest BCUT2D eigenvalue weighted by Gasteiger charge is 2.38. The molecule has 512 valence electrons. The van der Waals surface area contributed by atoms with Crippen LogP contribution >= 0.6 is 0 Å². The van der Waals surface area contributed by atoms with Crippen LogP contribution in [-0.2, 0) is 91.2 Å². The molecule has 3 rings (SSSR count). The van der Waals surface area contributed by atoms with Gasteiger partial charge in [-0.25, -0.2) is 14.4 Å². The van der Waals surface area contributed by atoms with E-state index < -0.39 is 71.1 Å². The standard InChI is InChI=1S/C18H29N3O6.C15H28N2O3.C14H22N2O5.C7H7NO4.C5H9NO.CH5N.CH4/c1-6-12(16(24)19-3)10-13(17(25)20(4)5)9-11(2)18(26)27-21-14(22)7-8-15(21)23;1-7-12(14(19)16-4)9-13(15(20)17(5)6)8-10(2)11(3)18;1-5-10(8-9(2)13(19)15(3)4)14(20)21-16-11(17)6-7-12(16)18;1-2-7(11)12-8-5(9)3-4-6(8)10;1-4-5(7)6(2)3;1-2;/h11-13H,6-10H2,1-5H3,(H,19,24);10,12-13H,7-9H2,1-6H3,(H,16,19);9-10H,5-8H2,1-4H3;2H,1,3-4H2;4H,1H2,2-3H3;2H2,1H3;1H4. The molecule has 3 heterocycles. The number of nitrogens with one attached hydrogen (secondary N) is 2. The summed E-state index contributed by atoms with van der Waals surface area (Å²) < 4.78 is 0. The van der Waals surface area contributed by atoms with Gasteiger partial charge in [-0.3, -0.25) is 62.3 Å². The molecule has 0 radical (unpaired) electrons. The van der Waals surface area contributed by atoms with Gasteiger partial charge in [-0.1, -0.05) is 62.1 Å². The van der Waals surface area contributed by atoms with Crippen LogP contribution in [0.2, 0.25) is 0 Å². The predicted molar refractivity (Wildman–Crippen MR) is 331 cm³/mol. The minimum atomic E-state index is -0.807. The second-order valence-electron chi connectivity index (χ2n) is 21.7. The molecule has 3 saturated heterocycles. The molecule has 8 atom stereocenters. The molecule has 0 aromatic carbocycles. The van der Waals surface area contributed by atoms with Crippen molar-refractivity contribution in [2.24, 2.45) is 53.1 Å². The van der Waals surface area contributed by atoms with Crippen LogP contribution in [0.5, 0.6) is 0 Å². The Morgan fingerprint density at radius 2 is 0.756 bits per heavy atom. The van der Waals surface area contributed by atoms with Crippen LogP contribution in [0.25, 0.3) is 0 Å². The summed E-state index contributed by atoms with van der Waals surface area (Å²) in [5, 5.41) is 6.74. The first kappa shape index (κ1) is 88.2. The largest absolute Gasteiger partial charge is 0.359 e. The fourth-order valence-corrected chi connectivity index (χ4v) is 8.48. The molecule has 0 aliphatic carbocycles. The Labute approximate surface area is 531 Å². The Hall–Kier alpha value is -8.24. The number of nitrogens with two attached hydrogens (primary N) is 1. The molecule has 0 aromatic rings. The number of ketones is 1. The van der Waals surface area contributed by atoms with Crippen molar-refractivity contribution in [1.82, 2.24) is 45.4 Å². The quantitative estimate of drug-likeness (QED) is 0.0827. The highest BCUT2D eigenvalue weighted by Crippen LogP contribution is 2.28. The number of rotatable bonds is 26. The number of amides is 12. The van der Waals surface area contributed by atoms with E-state index in [-0.39, 0.29) is 123 Å². The van der Waals surface area contributed by atoms with Crippen LogP contribution < -0.4 is 16.4 Å².